The molecule has 12 heteroatoms. The highest BCUT2D eigenvalue weighted by atomic mass is 35.5. The van der Waals surface area contributed by atoms with E-state index in [9.17, 15) is 4.79 Å². The average Bonchev–Trinajstić information content (AvgIpc) is 3.74. The lowest BCUT2D eigenvalue weighted by molar-refractivity contribution is -0.128. The minimum absolute atomic E-state index is 0.152. The van der Waals surface area contributed by atoms with Crippen LogP contribution in [0.3, 0.4) is 0 Å². The van der Waals surface area contributed by atoms with Crippen LogP contribution in [0.2, 0.25) is 10.0 Å². The fourth-order valence-electron chi connectivity index (χ4n) is 5.16. The number of benzene rings is 2. The molecule has 4 aromatic rings. The normalized spacial score (nSPS) is 17.2. The number of allylic oxidation sites excluding steroid dienone is 1. The third-order valence-electron chi connectivity index (χ3n) is 7.46. The maximum Gasteiger partial charge on any atom is 0.252 e. The molecule has 2 aromatic heterocycles. The molecule has 2 fully saturated rings. The molecule has 42 heavy (non-hydrogen) atoms. The van der Waals surface area contributed by atoms with E-state index in [0.717, 1.165) is 31.2 Å². The van der Waals surface area contributed by atoms with E-state index in [4.69, 9.17) is 50.1 Å². The first-order valence-electron chi connectivity index (χ1n) is 13.5. The van der Waals surface area contributed by atoms with E-state index in [1.165, 1.54) is 6.33 Å². The molecule has 2 aliphatic rings. The number of hydrogen-bond donors (Lipinski definition) is 1. The zero-order chi connectivity index (χ0) is 29.4. The molecule has 1 aliphatic heterocycles. The van der Waals surface area contributed by atoms with Gasteiger partial charge in [0.25, 0.3) is 5.91 Å². The van der Waals surface area contributed by atoms with Gasteiger partial charge < -0.3 is 20.1 Å². The van der Waals surface area contributed by atoms with E-state index in [0.29, 0.717) is 68.8 Å². The molecule has 1 aliphatic carbocycles. The van der Waals surface area contributed by atoms with Crippen molar-refractivity contribution in [3.63, 3.8) is 0 Å². The summed E-state index contributed by atoms with van der Waals surface area (Å²) in [4.78, 5) is 27.2. The number of likely N-dealkylation sites (tertiary alicyclic amines) is 1. The van der Waals surface area contributed by atoms with Crippen LogP contribution in [0.15, 0.2) is 54.5 Å². The summed E-state index contributed by atoms with van der Waals surface area (Å²) in [5.41, 5.74) is 8.45. The molecule has 1 atom stereocenters. The van der Waals surface area contributed by atoms with E-state index in [2.05, 4.69) is 14.8 Å². The fraction of sp³-hybridized carbons (Fsp3) is 0.300. The van der Waals surface area contributed by atoms with Crippen LogP contribution in [0.25, 0.3) is 27.1 Å². The SMILES string of the molecule is [C-]#[N+]/C(=C\C1CC1)C(=O)N1CCCC(n2nc(-c3ccc(Oc4ccc(Cl)c(Cl)c4)c(OC)c3)c3c(N)ncnc32)C1. The van der Waals surface area contributed by atoms with Crippen molar-refractivity contribution in [3.8, 4) is 28.5 Å². The summed E-state index contributed by atoms with van der Waals surface area (Å²) in [6.45, 7) is 8.54. The highest BCUT2D eigenvalue weighted by Crippen LogP contribution is 2.40. The second kappa shape index (κ2) is 11.5. The maximum atomic E-state index is 13.2. The number of nitrogens with zero attached hydrogens (tertiary/aromatic N) is 6. The number of piperidine rings is 1. The standard InChI is InChI=1S/C30H27Cl2N7O3/c1-34-23(12-17-5-6-17)30(40)38-11-3-4-19(15-38)39-29-26(28(33)35-16-36-29)27(37-39)18-7-10-24(25(13-18)41-2)42-20-8-9-21(31)22(32)14-20/h7-10,12-14,16-17,19H,3-6,11,15H2,2H3,(H2,33,35,36)/b23-12-. The first-order valence-corrected chi connectivity index (χ1v) is 14.3. The minimum Gasteiger partial charge on any atom is -0.493 e. The van der Waals surface area contributed by atoms with Crippen LogP contribution in [0, 0.1) is 12.5 Å². The Kier molecular flexibility index (Phi) is 7.62. The summed E-state index contributed by atoms with van der Waals surface area (Å²) in [5, 5.41) is 6.38. The van der Waals surface area contributed by atoms with Crippen LogP contribution in [0.4, 0.5) is 5.82 Å². The summed E-state index contributed by atoms with van der Waals surface area (Å²) in [7, 11) is 1.55. The quantitative estimate of drug-likeness (QED) is 0.188. The molecule has 2 aromatic carbocycles. The van der Waals surface area contributed by atoms with Crippen molar-refractivity contribution in [2.75, 3.05) is 25.9 Å². The van der Waals surface area contributed by atoms with Crippen LogP contribution in [-0.2, 0) is 4.79 Å². The number of fused-ring (bicyclic) bond motifs is 1. The monoisotopic (exact) mass is 603 g/mol. The third-order valence-corrected chi connectivity index (χ3v) is 8.20. The van der Waals surface area contributed by atoms with Crippen LogP contribution >= 0.6 is 23.2 Å². The van der Waals surface area contributed by atoms with Gasteiger partial charge in [0.2, 0.25) is 5.70 Å². The van der Waals surface area contributed by atoms with Crippen molar-refractivity contribution in [2.24, 2.45) is 5.92 Å². The van der Waals surface area contributed by atoms with E-state index in [1.807, 2.05) is 22.9 Å². The van der Waals surface area contributed by atoms with Gasteiger partial charge >= 0.3 is 0 Å². The second-order valence-corrected chi connectivity index (χ2v) is 11.2. The number of anilines is 1. The molecule has 1 saturated carbocycles. The largest absolute Gasteiger partial charge is 0.493 e. The van der Waals surface area contributed by atoms with Gasteiger partial charge in [-0.25, -0.2) is 19.5 Å². The van der Waals surface area contributed by atoms with Gasteiger partial charge in [-0.3, -0.25) is 4.79 Å². The molecule has 6 rings (SSSR count). The van der Waals surface area contributed by atoms with E-state index >= 15 is 0 Å². The lowest BCUT2D eigenvalue weighted by Gasteiger charge is -2.33. The smallest absolute Gasteiger partial charge is 0.252 e. The average molecular weight is 604 g/mol. The summed E-state index contributed by atoms with van der Waals surface area (Å²) in [6, 6.07) is 10.3. The van der Waals surface area contributed by atoms with Gasteiger partial charge in [0.15, 0.2) is 17.1 Å². The van der Waals surface area contributed by atoms with Gasteiger partial charge in [0.1, 0.15) is 23.6 Å². The molecule has 1 saturated heterocycles. The van der Waals surface area contributed by atoms with Crippen molar-refractivity contribution in [1.29, 1.82) is 0 Å². The Balaban J connectivity index is 1.33. The second-order valence-electron chi connectivity index (χ2n) is 10.3. The number of ether oxygens (including phenoxy) is 2. The van der Waals surface area contributed by atoms with Gasteiger partial charge in [-0.15, -0.1) is 0 Å². The molecule has 2 N–H and O–H groups in total. The highest BCUT2D eigenvalue weighted by Gasteiger charge is 2.31. The predicted octanol–water partition coefficient (Wildman–Crippen LogP) is 6.56. The maximum absolute atomic E-state index is 13.2. The van der Waals surface area contributed by atoms with Crippen molar-refractivity contribution in [2.45, 2.75) is 31.7 Å². The van der Waals surface area contributed by atoms with Gasteiger partial charge in [-0.05, 0) is 61.9 Å². The number of methoxy groups -OCH3 is 1. The summed E-state index contributed by atoms with van der Waals surface area (Å²) >= 11 is 12.2. The number of halogens is 2. The number of carbonyl (C=O) groups is 1. The zero-order valence-corrected chi connectivity index (χ0v) is 24.3. The lowest BCUT2D eigenvalue weighted by atomic mass is 10.1. The van der Waals surface area contributed by atoms with Crippen molar-refractivity contribution >= 4 is 46.0 Å². The van der Waals surface area contributed by atoms with Crippen molar-refractivity contribution in [3.05, 3.63) is 76.0 Å². The number of amides is 1. The van der Waals surface area contributed by atoms with Crippen LogP contribution in [0.1, 0.15) is 31.7 Å². The lowest BCUT2D eigenvalue weighted by Crippen LogP contribution is -2.41. The summed E-state index contributed by atoms with van der Waals surface area (Å²) < 4.78 is 13.5. The van der Waals surface area contributed by atoms with Gasteiger partial charge in [0.05, 0.1) is 35.2 Å². The topological polar surface area (TPSA) is 113 Å². The molecular formula is C30H27Cl2N7O3. The molecule has 3 heterocycles. The Hall–Kier alpha value is -4.33. The molecule has 10 nitrogen and oxygen atoms in total. The Bertz CT molecular complexity index is 1760. The van der Waals surface area contributed by atoms with E-state index in [1.54, 1.807) is 36.3 Å². The summed E-state index contributed by atoms with van der Waals surface area (Å²) in [6.07, 6.45) is 6.86. The van der Waals surface area contributed by atoms with E-state index in [-0.39, 0.29) is 17.6 Å². The fourth-order valence-corrected chi connectivity index (χ4v) is 5.45. The molecule has 0 bridgehead atoms. The molecule has 0 spiro atoms. The van der Waals surface area contributed by atoms with Gasteiger partial charge in [-0.1, -0.05) is 29.3 Å². The summed E-state index contributed by atoms with van der Waals surface area (Å²) in [5.74, 6) is 1.86. The molecule has 1 unspecified atom stereocenters. The number of nitrogens with two attached hydrogens (primary N) is 1. The zero-order valence-electron chi connectivity index (χ0n) is 22.8. The van der Waals surface area contributed by atoms with Crippen LogP contribution < -0.4 is 15.2 Å². The predicted molar refractivity (Wildman–Crippen MR) is 161 cm³/mol. The number of nitrogen functional groups attached to an aromatic ring is 1. The first kappa shape index (κ1) is 27.8. The van der Waals surface area contributed by atoms with Gasteiger partial charge in [-0.2, -0.15) is 5.10 Å². The number of aromatic nitrogens is 4. The number of rotatable bonds is 7. The number of carbonyl (C=O) groups excluding carboxylic acids is 1. The first-order chi connectivity index (χ1) is 20.4. The minimum atomic E-state index is -0.227. The van der Waals surface area contributed by atoms with Crippen LogP contribution in [-0.4, -0.2) is 50.8 Å². The highest BCUT2D eigenvalue weighted by molar-refractivity contribution is 6.42. The Labute approximate surface area is 252 Å². The molecule has 1 amide bonds. The van der Waals surface area contributed by atoms with Gasteiger partial charge in [0, 0.05) is 24.7 Å². The Morgan fingerprint density at radius 3 is 2.69 bits per heavy atom. The van der Waals surface area contributed by atoms with Crippen LogP contribution in [0.5, 0.6) is 17.2 Å². The third kappa shape index (κ3) is 5.45. The number of hydrogen-bond acceptors (Lipinski definition) is 7. The van der Waals surface area contributed by atoms with Crippen molar-refractivity contribution in [1.82, 2.24) is 24.6 Å². The molecular weight excluding hydrogens is 577 g/mol. The molecule has 0 radical (unpaired) electrons. The van der Waals surface area contributed by atoms with E-state index < -0.39 is 0 Å². The Morgan fingerprint density at radius 2 is 1.95 bits per heavy atom. The Morgan fingerprint density at radius 1 is 1.12 bits per heavy atom. The molecule has 214 valence electrons. The van der Waals surface area contributed by atoms with Crippen molar-refractivity contribution < 1.29 is 14.3 Å².